The zero-order valence-electron chi connectivity index (χ0n) is 11.3. The topological polar surface area (TPSA) is 80.7 Å². The number of carboxylic acids is 1. The molecule has 6 heteroatoms. The molecule has 1 saturated carbocycles. The van der Waals surface area contributed by atoms with E-state index in [1.807, 2.05) is 0 Å². The Labute approximate surface area is 114 Å². The van der Waals surface area contributed by atoms with Gasteiger partial charge < -0.3 is 9.84 Å². The van der Waals surface area contributed by atoms with E-state index in [2.05, 4.69) is 0 Å². The van der Waals surface area contributed by atoms with Crippen molar-refractivity contribution in [1.82, 2.24) is 0 Å². The predicted octanol–water partition coefficient (Wildman–Crippen LogP) is 1.76. The molecule has 1 N–H and O–H groups in total. The van der Waals surface area contributed by atoms with Crippen LogP contribution in [0.2, 0.25) is 0 Å². The zero-order valence-corrected chi connectivity index (χ0v) is 12.1. The molecule has 2 unspecified atom stereocenters. The Morgan fingerprint density at radius 2 is 2.00 bits per heavy atom. The van der Waals surface area contributed by atoms with Crippen molar-refractivity contribution in [2.45, 2.75) is 68.8 Å². The van der Waals surface area contributed by atoms with Gasteiger partial charge in [0.05, 0.1) is 29.1 Å². The van der Waals surface area contributed by atoms with E-state index in [-0.39, 0.29) is 23.9 Å². The smallest absolute Gasteiger partial charge is 0.304 e. The number of aliphatic carboxylic acids is 1. The summed E-state index contributed by atoms with van der Waals surface area (Å²) in [4.78, 5) is 10.6. The summed E-state index contributed by atoms with van der Waals surface area (Å²) in [6, 6.07) is 0. The maximum absolute atomic E-state index is 12.1. The largest absolute Gasteiger partial charge is 0.481 e. The molecule has 19 heavy (non-hydrogen) atoms. The molecule has 1 heterocycles. The first-order chi connectivity index (χ1) is 8.83. The minimum absolute atomic E-state index is 0.0385. The number of hydrogen-bond donors (Lipinski definition) is 1. The van der Waals surface area contributed by atoms with Crippen molar-refractivity contribution in [1.29, 1.82) is 0 Å². The Bertz CT molecular complexity index is 436. The van der Waals surface area contributed by atoms with Gasteiger partial charge in [0.25, 0.3) is 0 Å². The molecule has 0 radical (unpaired) electrons. The Balaban J connectivity index is 1.92. The SMILES string of the molecule is CC(CC(=O)O)S(=O)(=O)CC1CCC2(CCCC2)O1. The molecule has 1 aliphatic carbocycles. The monoisotopic (exact) mass is 290 g/mol. The second kappa shape index (κ2) is 5.40. The molecule has 0 aromatic heterocycles. The second-order valence-corrected chi connectivity index (χ2v) is 8.37. The molecule has 0 amide bonds. The lowest BCUT2D eigenvalue weighted by molar-refractivity contribution is -0.136. The Kier molecular flexibility index (Phi) is 4.20. The van der Waals surface area contributed by atoms with Crippen LogP contribution in [0.3, 0.4) is 0 Å². The van der Waals surface area contributed by atoms with Crippen molar-refractivity contribution in [2.75, 3.05) is 5.75 Å². The molecule has 2 aliphatic rings. The molecule has 1 aliphatic heterocycles. The molecule has 2 fully saturated rings. The molecule has 0 aromatic carbocycles. The van der Waals surface area contributed by atoms with E-state index in [0.29, 0.717) is 0 Å². The second-order valence-electron chi connectivity index (χ2n) is 5.91. The van der Waals surface area contributed by atoms with Crippen molar-refractivity contribution in [3.8, 4) is 0 Å². The van der Waals surface area contributed by atoms with E-state index < -0.39 is 21.1 Å². The summed E-state index contributed by atoms with van der Waals surface area (Å²) in [6.07, 6.45) is 5.53. The van der Waals surface area contributed by atoms with Gasteiger partial charge in [0.15, 0.2) is 9.84 Å². The summed E-state index contributed by atoms with van der Waals surface area (Å²) in [5.74, 6) is -1.11. The van der Waals surface area contributed by atoms with E-state index in [1.165, 1.54) is 6.92 Å². The van der Waals surface area contributed by atoms with Crippen LogP contribution in [-0.4, -0.2) is 42.2 Å². The summed E-state index contributed by atoms with van der Waals surface area (Å²) >= 11 is 0. The molecule has 0 aromatic rings. The van der Waals surface area contributed by atoms with Crippen molar-refractivity contribution >= 4 is 15.8 Å². The lowest BCUT2D eigenvalue weighted by atomic mass is 9.98. The maximum atomic E-state index is 12.1. The molecule has 1 spiro atoms. The van der Waals surface area contributed by atoms with Crippen LogP contribution in [0, 0.1) is 0 Å². The first-order valence-corrected chi connectivity index (χ1v) is 8.66. The Morgan fingerprint density at radius 1 is 1.37 bits per heavy atom. The van der Waals surface area contributed by atoms with Crippen LogP contribution < -0.4 is 0 Å². The minimum Gasteiger partial charge on any atom is -0.481 e. The third-order valence-corrected chi connectivity index (χ3v) is 6.58. The molecule has 2 atom stereocenters. The Morgan fingerprint density at radius 3 is 2.58 bits per heavy atom. The van der Waals surface area contributed by atoms with Crippen molar-refractivity contribution in [2.24, 2.45) is 0 Å². The summed E-state index contributed by atoms with van der Waals surface area (Å²) in [5.41, 5.74) is -0.0732. The fourth-order valence-corrected chi connectivity index (χ4v) is 4.67. The number of carbonyl (C=O) groups is 1. The lowest BCUT2D eigenvalue weighted by Gasteiger charge is -2.24. The number of ether oxygens (including phenoxy) is 1. The molecular formula is C13H22O5S. The average molecular weight is 290 g/mol. The summed E-state index contributed by atoms with van der Waals surface area (Å²) in [6.45, 7) is 1.46. The van der Waals surface area contributed by atoms with Crippen molar-refractivity contribution in [3.63, 3.8) is 0 Å². The molecule has 2 rings (SSSR count). The average Bonchev–Trinajstić information content (AvgIpc) is 2.88. The first kappa shape index (κ1) is 14.8. The summed E-state index contributed by atoms with van der Waals surface area (Å²) in [5, 5.41) is 7.84. The quantitative estimate of drug-likeness (QED) is 0.834. The fraction of sp³-hybridized carbons (Fsp3) is 0.923. The van der Waals surface area contributed by atoms with Crippen LogP contribution in [0.1, 0.15) is 51.9 Å². The third kappa shape index (κ3) is 3.48. The fourth-order valence-electron chi connectivity index (χ4n) is 3.20. The van der Waals surface area contributed by atoms with Crippen LogP contribution in [0.4, 0.5) is 0 Å². The van der Waals surface area contributed by atoms with Crippen LogP contribution in [0.25, 0.3) is 0 Å². The van der Waals surface area contributed by atoms with Crippen molar-refractivity contribution < 1.29 is 23.1 Å². The molecule has 110 valence electrons. The highest BCUT2D eigenvalue weighted by molar-refractivity contribution is 7.92. The summed E-state index contributed by atoms with van der Waals surface area (Å²) in [7, 11) is -3.39. The first-order valence-electron chi connectivity index (χ1n) is 6.94. The lowest BCUT2D eigenvalue weighted by Crippen LogP contribution is -2.32. The van der Waals surface area contributed by atoms with Gasteiger partial charge in [-0.05, 0) is 32.6 Å². The number of rotatable bonds is 5. The van der Waals surface area contributed by atoms with Crippen LogP contribution in [-0.2, 0) is 19.4 Å². The van der Waals surface area contributed by atoms with Crippen LogP contribution >= 0.6 is 0 Å². The molecular weight excluding hydrogens is 268 g/mol. The number of carboxylic acid groups (broad SMARTS) is 1. The highest BCUT2D eigenvalue weighted by Crippen LogP contribution is 2.43. The van der Waals surface area contributed by atoms with Crippen LogP contribution in [0.5, 0.6) is 0 Å². The van der Waals surface area contributed by atoms with Gasteiger partial charge in [0.1, 0.15) is 0 Å². The van der Waals surface area contributed by atoms with E-state index in [0.717, 1.165) is 38.5 Å². The van der Waals surface area contributed by atoms with E-state index in [9.17, 15) is 13.2 Å². The predicted molar refractivity (Wildman–Crippen MR) is 70.8 cm³/mol. The number of hydrogen-bond acceptors (Lipinski definition) is 4. The van der Waals surface area contributed by atoms with Gasteiger partial charge in [0.2, 0.25) is 0 Å². The third-order valence-electron chi connectivity index (χ3n) is 4.35. The molecule has 1 saturated heterocycles. The van der Waals surface area contributed by atoms with E-state index in [1.54, 1.807) is 0 Å². The zero-order chi connectivity index (χ0) is 14.1. The van der Waals surface area contributed by atoms with Crippen LogP contribution in [0.15, 0.2) is 0 Å². The van der Waals surface area contributed by atoms with E-state index in [4.69, 9.17) is 9.84 Å². The maximum Gasteiger partial charge on any atom is 0.304 e. The highest BCUT2D eigenvalue weighted by atomic mass is 32.2. The van der Waals surface area contributed by atoms with Gasteiger partial charge in [-0.15, -0.1) is 0 Å². The van der Waals surface area contributed by atoms with Gasteiger partial charge in [0, 0.05) is 0 Å². The normalized spacial score (nSPS) is 27.7. The van der Waals surface area contributed by atoms with E-state index >= 15 is 0 Å². The van der Waals surface area contributed by atoms with Gasteiger partial charge in [-0.1, -0.05) is 12.8 Å². The Hall–Kier alpha value is -0.620. The standard InChI is InChI=1S/C13H22O5S/c1-10(8-12(14)15)19(16,17)9-11-4-7-13(18-11)5-2-3-6-13/h10-11H,2-9H2,1H3,(H,14,15). The summed E-state index contributed by atoms with van der Waals surface area (Å²) < 4.78 is 30.1. The molecule has 5 nitrogen and oxygen atoms in total. The highest BCUT2D eigenvalue weighted by Gasteiger charge is 2.43. The minimum atomic E-state index is -3.39. The molecule has 0 bridgehead atoms. The van der Waals surface area contributed by atoms with Gasteiger partial charge in [-0.3, -0.25) is 4.79 Å². The number of sulfone groups is 1. The van der Waals surface area contributed by atoms with Gasteiger partial charge in [-0.2, -0.15) is 0 Å². The van der Waals surface area contributed by atoms with Gasteiger partial charge >= 0.3 is 5.97 Å². The van der Waals surface area contributed by atoms with Gasteiger partial charge in [-0.25, -0.2) is 8.42 Å². The van der Waals surface area contributed by atoms with Crippen molar-refractivity contribution in [3.05, 3.63) is 0 Å².